The number of ether oxygens (including phenoxy) is 1. The Bertz CT molecular complexity index is 536. The molecule has 0 aliphatic heterocycles. The van der Waals surface area contributed by atoms with Gasteiger partial charge in [-0.1, -0.05) is 25.1 Å². The fourth-order valence-corrected chi connectivity index (χ4v) is 2.26. The van der Waals surface area contributed by atoms with Crippen LogP contribution in [0.2, 0.25) is 0 Å². The molecule has 4 heteroatoms. The van der Waals surface area contributed by atoms with E-state index in [-0.39, 0.29) is 6.04 Å². The van der Waals surface area contributed by atoms with E-state index in [0.29, 0.717) is 6.61 Å². The van der Waals surface area contributed by atoms with E-state index in [1.54, 1.807) is 0 Å². The molecule has 0 radical (unpaired) electrons. The van der Waals surface area contributed by atoms with Crippen LogP contribution in [0, 0.1) is 0 Å². The van der Waals surface area contributed by atoms with Crippen LogP contribution in [0.5, 0.6) is 5.75 Å². The third kappa shape index (κ3) is 3.39. The first kappa shape index (κ1) is 14.6. The molecule has 0 aliphatic carbocycles. The number of rotatable bonds is 7. The molecule has 0 fully saturated rings. The molecule has 0 saturated heterocycles. The molecular formula is C16H23N3O. The topological polar surface area (TPSA) is 39.1 Å². The molecule has 2 aromatic rings. The van der Waals surface area contributed by atoms with Crippen LogP contribution in [0.1, 0.15) is 37.6 Å². The molecule has 4 nitrogen and oxygen atoms in total. The molecular weight excluding hydrogens is 250 g/mol. The van der Waals surface area contributed by atoms with Crippen LogP contribution in [-0.4, -0.2) is 22.9 Å². The molecule has 1 atom stereocenters. The van der Waals surface area contributed by atoms with Crippen molar-refractivity contribution in [2.75, 3.05) is 13.2 Å². The summed E-state index contributed by atoms with van der Waals surface area (Å²) in [5, 5.41) is 8.10. The zero-order valence-electron chi connectivity index (χ0n) is 12.5. The van der Waals surface area contributed by atoms with E-state index < -0.39 is 0 Å². The molecule has 1 N–H and O–H groups in total. The number of para-hydroxylation sites is 1. The van der Waals surface area contributed by atoms with Gasteiger partial charge in [-0.2, -0.15) is 5.10 Å². The molecule has 0 amide bonds. The summed E-state index contributed by atoms with van der Waals surface area (Å²) in [4.78, 5) is 0. The van der Waals surface area contributed by atoms with Crippen molar-refractivity contribution in [1.29, 1.82) is 0 Å². The average Bonchev–Trinajstić information content (AvgIpc) is 2.88. The van der Waals surface area contributed by atoms with Crippen molar-refractivity contribution < 1.29 is 4.74 Å². The average molecular weight is 273 g/mol. The molecule has 108 valence electrons. The monoisotopic (exact) mass is 273 g/mol. The number of nitrogens with one attached hydrogen (secondary N) is 1. The van der Waals surface area contributed by atoms with Gasteiger partial charge in [-0.3, -0.25) is 4.68 Å². The maximum Gasteiger partial charge on any atom is 0.124 e. The summed E-state index contributed by atoms with van der Waals surface area (Å²) in [6, 6.07) is 10.3. The third-order valence-corrected chi connectivity index (χ3v) is 3.16. The van der Waals surface area contributed by atoms with E-state index >= 15 is 0 Å². The smallest absolute Gasteiger partial charge is 0.124 e. The molecule has 0 saturated carbocycles. The maximum absolute atomic E-state index is 5.75. The number of hydrogen-bond donors (Lipinski definition) is 1. The summed E-state index contributed by atoms with van der Waals surface area (Å²) in [5.74, 6) is 0.925. The Morgan fingerprint density at radius 2 is 2.05 bits per heavy atom. The highest BCUT2D eigenvalue weighted by Gasteiger charge is 2.19. The van der Waals surface area contributed by atoms with Gasteiger partial charge in [-0.25, -0.2) is 0 Å². The van der Waals surface area contributed by atoms with Gasteiger partial charge in [0.25, 0.3) is 0 Å². The summed E-state index contributed by atoms with van der Waals surface area (Å²) in [7, 11) is 1.94. The van der Waals surface area contributed by atoms with Gasteiger partial charge in [0.05, 0.1) is 18.3 Å². The number of aromatic nitrogens is 2. The van der Waals surface area contributed by atoms with Gasteiger partial charge in [0.15, 0.2) is 0 Å². The van der Waals surface area contributed by atoms with E-state index in [2.05, 4.69) is 29.5 Å². The van der Waals surface area contributed by atoms with Gasteiger partial charge >= 0.3 is 0 Å². The van der Waals surface area contributed by atoms with Crippen molar-refractivity contribution in [3.05, 3.63) is 47.8 Å². The second-order valence-electron chi connectivity index (χ2n) is 4.77. The van der Waals surface area contributed by atoms with Crippen molar-refractivity contribution >= 4 is 0 Å². The Labute approximate surface area is 120 Å². The minimum absolute atomic E-state index is 0.0684. The van der Waals surface area contributed by atoms with Crippen LogP contribution >= 0.6 is 0 Å². The molecule has 0 spiro atoms. The quantitative estimate of drug-likeness (QED) is 0.843. The van der Waals surface area contributed by atoms with Crippen molar-refractivity contribution in [3.8, 4) is 5.75 Å². The van der Waals surface area contributed by atoms with Crippen LogP contribution in [0.15, 0.2) is 36.5 Å². The lowest BCUT2D eigenvalue weighted by Gasteiger charge is -2.20. The van der Waals surface area contributed by atoms with Gasteiger partial charge in [-0.05, 0) is 32.0 Å². The van der Waals surface area contributed by atoms with Crippen LogP contribution in [0.4, 0.5) is 0 Å². The lowest BCUT2D eigenvalue weighted by molar-refractivity contribution is 0.333. The van der Waals surface area contributed by atoms with Crippen molar-refractivity contribution in [1.82, 2.24) is 15.1 Å². The number of benzene rings is 1. The normalized spacial score (nSPS) is 12.3. The molecule has 1 aromatic heterocycles. The van der Waals surface area contributed by atoms with Gasteiger partial charge in [0.2, 0.25) is 0 Å². The van der Waals surface area contributed by atoms with Crippen LogP contribution in [-0.2, 0) is 7.05 Å². The largest absolute Gasteiger partial charge is 0.494 e. The van der Waals surface area contributed by atoms with Crippen molar-refractivity contribution in [3.63, 3.8) is 0 Å². The van der Waals surface area contributed by atoms with Crippen LogP contribution in [0.25, 0.3) is 0 Å². The predicted octanol–water partition coefficient (Wildman–Crippen LogP) is 2.91. The standard InChI is InChI=1S/C16H23N3O/c1-4-11-17-16(14-10-12-19(3)18-14)13-8-6-7-9-15(13)20-5-2/h6-10,12,16-17H,4-5,11H2,1-3H3. The van der Waals surface area contributed by atoms with Gasteiger partial charge < -0.3 is 10.1 Å². The Balaban J connectivity index is 2.35. The third-order valence-electron chi connectivity index (χ3n) is 3.16. The van der Waals surface area contributed by atoms with Gasteiger partial charge in [0.1, 0.15) is 5.75 Å². The first-order valence-corrected chi connectivity index (χ1v) is 7.20. The summed E-state index contributed by atoms with van der Waals surface area (Å²) < 4.78 is 7.58. The molecule has 2 rings (SSSR count). The highest BCUT2D eigenvalue weighted by molar-refractivity contribution is 5.39. The fourth-order valence-electron chi connectivity index (χ4n) is 2.26. The Hall–Kier alpha value is -1.81. The molecule has 20 heavy (non-hydrogen) atoms. The van der Waals surface area contributed by atoms with Gasteiger partial charge in [-0.15, -0.1) is 0 Å². The van der Waals surface area contributed by atoms with Crippen LogP contribution < -0.4 is 10.1 Å². The minimum atomic E-state index is 0.0684. The Morgan fingerprint density at radius 1 is 1.25 bits per heavy atom. The van der Waals surface area contributed by atoms with Crippen molar-refractivity contribution in [2.45, 2.75) is 26.3 Å². The number of hydrogen-bond acceptors (Lipinski definition) is 3. The number of aryl methyl sites for hydroxylation is 1. The van der Waals surface area contributed by atoms with Crippen molar-refractivity contribution in [2.24, 2.45) is 7.05 Å². The first-order valence-electron chi connectivity index (χ1n) is 7.20. The Kier molecular flexibility index (Phi) is 5.18. The molecule has 1 unspecified atom stereocenters. The lowest BCUT2D eigenvalue weighted by Crippen LogP contribution is -2.24. The fraction of sp³-hybridized carbons (Fsp3) is 0.438. The first-order chi connectivity index (χ1) is 9.76. The Morgan fingerprint density at radius 3 is 2.70 bits per heavy atom. The second kappa shape index (κ2) is 7.10. The summed E-state index contributed by atoms with van der Waals surface area (Å²) in [6.45, 7) is 5.78. The summed E-state index contributed by atoms with van der Waals surface area (Å²) >= 11 is 0. The van der Waals surface area contributed by atoms with E-state index in [9.17, 15) is 0 Å². The van der Waals surface area contributed by atoms with E-state index in [1.807, 2.05) is 43.0 Å². The maximum atomic E-state index is 5.75. The van der Waals surface area contributed by atoms with Crippen LogP contribution in [0.3, 0.4) is 0 Å². The minimum Gasteiger partial charge on any atom is -0.494 e. The van der Waals surface area contributed by atoms with E-state index in [1.165, 1.54) is 0 Å². The van der Waals surface area contributed by atoms with E-state index in [4.69, 9.17) is 4.74 Å². The molecule has 0 aliphatic rings. The highest BCUT2D eigenvalue weighted by Crippen LogP contribution is 2.29. The number of nitrogens with zero attached hydrogens (tertiary/aromatic N) is 2. The van der Waals surface area contributed by atoms with E-state index in [0.717, 1.165) is 30.0 Å². The lowest BCUT2D eigenvalue weighted by atomic mass is 10.0. The summed E-state index contributed by atoms with van der Waals surface area (Å²) in [5.41, 5.74) is 2.16. The molecule has 0 bridgehead atoms. The van der Waals surface area contributed by atoms with Gasteiger partial charge in [0, 0.05) is 18.8 Å². The second-order valence-corrected chi connectivity index (χ2v) is 4.77. The SMILES string of the molecule is CCCNC(c1ccn(C)n1)c1ccccc1OCC. The zero-order valence-corrected chi connectivity index (χ0v) is 12.5. The molecule has 1 aromatic carbocycles. The zero-order chi connectivity index (χ0) is 14.4. The summed E-state index contributed by atoms with van der Waals surface area (Å²) in [6.07, 6.45) is 3.05. The molecule has 1 heterocycles. The predicted molar refractivity (Wildman–Crippen MR) is 81.0 cm³/mol. The highest BCUT2D eigenvalue weighted by atomic mass is 16.5.